The minimum Gasteiger partial charge on any atom is -0.497 e. The maximum absolute atomic E-state index is 12.8. The van der Waals surface area contributed by atoms with Gasteiger partial charge in [0, 0.05) is 51.6 Å². The Balaban J connectivity index is 1.11. The van der Waals surface area contributed by atoms with Crippen molar-refractivity contribution in [2.45, 2.75) is 19.4 Å². The van der Waals surface area contributed by atoms with Crippen LogP contribution in [-0.2, 0) is 17.8 Å². The van der Waals surface area contributed by atoms with Gasteiger partial charge in [-0.15, -0.1) is 0 Å². The summed E-state index contributed by atoms with van der Waals surface area (Å²) in [6, 6.07) is 11.6. The van der Waals surface area contributed by atoms with E-state index in [1.807, 2.05) is 29.2 Å². The van der Waals surface area contributed by atoms with Gasteiger partial charge in [-0.3, -0.25) is 9.69 Å². The number of rotatable bonds is 8. The number of carbonyl (C=O) groups is 1. The normalized spacial score (nSPS) is 15.3. The molecule has 0 atom stereocenters. The molecule has 184 valence electrons. The van der Waals surface area contributed by atoms with Crippen LogP contribution >= 0.6 is 0 Å². The molecule has 35 heavy (non-hydrogen) atoms. The number of hydrogen-bond acceptors (Lipinski definition) is 8. The fourth-order valence-corrected chi connectivity index (χ4v) is 4.38. The number of methoxy groups -OCH3 is 2. The molecule has 3 aromatic rings. The zero-order valence-electron chi connectivity index (χ0n) is 20.0. The first-order valence-electron chi connectivity index (χ1n) is 11.7. The molecule has 0 saturated carbocycles. The summed E-state index contributed by atoms with van der Waals surface area (Å²) in [5, 5.41) is 0. The molecule has 0 unspecified atom stereocenters. The number of hydrogen-bond donors (Lipinski definition) is 0. The fraction of sp³-hybridized carbons (Fsp3) is 0.385. The number of oxazole rings is 1. The van der Waals surface area contributed by atoms with Crippen LogP contribution in [0.4, 0.5) is 0 Å². The van der Waals surface area contributed by atoms with Gasteiger partial charge in [-0.25, -0.2) is 4.98 Å². The summed E-state index contributed by atoms with van der Waals surface area (Å²) < 4.78 is 27.5. The monoisotopic (exact) mass is 479 g/mol. The number of ether oxygens (including phenoxy) is 4. The lowest BCUT2D eigenvalue weighted by Gasteiger charge is -2.34. The van der Waals surface area contributed by atoms with E-state index in [4.69, 9.17) is 23.4 Å². The number of benzene rings is 2. The van der Waals surface area contributed by atoms with Gasteiger partial charge in [-0.1, -0.05) is 6.07 Å². The average molecular weight is 480 g/mol. The Morgan fingerprint density at radius 3 is 2.63 bits per heavy atom. The van der Waals surface area contributed by atoms with Gasteiger partial charge in [0.25, 0.3) is 0 Å². The first-order chi connectivity index (χ1) is 17.1. The zero-order chi connectivity index (χ0) is 24.2. The number of nitrogens with zero attached hydrogens (tertiary/aromatic N) is 3. The summed E-state index contributed by atoms with van der Waals surface area (Å²) in [5.74, 6) is 4.20. The molecule has 1 fully saturated rings. The van der Waals surface area contributed by atoms with E-state index in [9.17, 15) is 4.79 Å². The maximum atomic E-state index is 12.8. The van der Waals surface area contributed by atoms with E-state index < -0.39 is 0 Å². The quantitative estimate of drug-likeness (QED) is 0.486. The van der Waals surface area contributed by atoms with Gasteiger partial charge in [-0.2, -0.15) is 0 Å². The highest BCUT2D eigenvalue weighted by molar-refractivity contribution is 5.76. The van der Waals surface area contributed by atoms with Gasteiger partial charge < -0.3 is 28.3 Å². The fourth-order valence-electron chi connectivity index (χ4n) is 4.38. The molecule has 9 nitrogen and oxygen atoms in total. The number of carbonyl (C=O) groups excluding carboxylic acids is 1. The Morgan fingerprint density at radius 2 is 1.83 bits per heavy atom. The van der Waals surface area contributed by atoms with Gasteiger partial charge in [0.15, 0.2) is 23.1 Å². The number of piperazine rings is 1. The summed E-state index contributed by atoms with van der Waals surface area (Å²) in [5.41, 5.74) is 1.97. The largest absolute Gasteiger partial charge is 0.497 e. The molecule has 0 aliphatic carbocycles. The van der Waals surface area contributed by atoms with E-state index in [2.05, 4.69) is 16.0 Å². The van der Waals surface area contributed by atoms with E-state index in [0.717, 1.165) is 36.7 Å². The van der Waals surface area contributed by atoms with Crippen LogP contribution in [0, 0.1) is 0 Å². The van der Waals surface area contributed by atoms with Crippen LogP contribution in [0.5, 0.6) is 23.0 Å². The second-order valence-electron chi connectivity index (χ2n) is 8.53. The van der Waals surface area contributed by atoms with Gasteiger partial charge >= 0.3 is 0 Å². The van der Waals surface area contributed by atoms with Crippen LogP contribution < -0.4 is 18.9 Å². The molecule has 0 N–H and O–H groups in total. The van der Waals surface area contributed by atoms with Gasteiger partial charge in [-0.05, 0) is 29.8 Å². The van der Waals surface area contributed by atoms with Crippen molar-refractivity contribution in [2.75, 3.05) is 47.2 Å². The summed E-state index contributed by atoms with van der Waals surface area (Å²) in [6.45, 7) is 4.20. The van der Waals surface area contributed by atoms with Crippen LogP contribution in [-0.4, -0.2) is 67.9 Å². The van der Waals surface area contributed by atoms with Crippen LogP contribution in [0.2, 0.25) is 0 Å². The molecule has 2 aliphatic rings. The molecule has 0 spiro atoms. The van der Waals surface area contributed by atoms with Crippen molar-refractivity contribution < 1.29 is 28.2 Å². The van der Waals surface area contributed by atoms with E-state index in [0.29, 0.717) is 49.1 Å². The number of aromatic nitrogens is 1. The van der Waals surface area contributed by atoms with Crippen molar-refractivity contribution >= 4 is 5.91 Å². The Morgan fingerprint density at radius 1 is 1.00 bits per heavy atom. The molecular weight excluding hydrogens is 450 g/mol. The Hall–Kier alpha value is -3.72. The second-order valence-corrected chi connectivity index (χ2v) is 8.53. The van der Waals surface area contributed by atoms with Crippen LogP contribution in [0.25, 0.3) is 11.3 Å². The predicted octanol–water partition coefficient (Wildman–Crippen LogP) is 3.36. The Labute approximate surface area is 204 Å². The Bertz CT molecular complexity index is 1190. The first-order valence-corrected chi connectivity index (χ1v) is 11.7. The third kappa shape index (κ3) is 5.19. The number of aryl methyl sites for hydroxylation is 1. The SMILES string of the molecule is COc1ccc(-c2cnc(CCC(=O)N3CCN(Cc4ccc5c(c4)OCO5)CC3)o2)c(OC)c1. The van der Waals surface area contributed by atoms with Gasteiger partial charge in [0.2, 0.25) is 12.7 Å². The van der Waals surface area contributed by atoms with E-state index in [1.54, 1.807) is 26.5 Å². The molecule has 1 saturated heterocycles. The van der Waals surface area contributed by atoms with Crippen molar-refractivity contribution in [2.24, 2.45) is 0 Å². The van der Waals surface area contributed by atoms with E-state index in [-0.39, 0.29) is 12.7 Å². The lowest BCUT2D eigenvalue weighted by molar-refractivity contribution is -0.133. The molecule has 2 aromatic carbocycles. The lowest BCUT2D eigenvalue weighted by atomic mass is 10.1. The highest BCUT2D eigenvalue weighted by atomic mass is 16.7. The summed E-state index contributed by atoms with van der Waals surface area (Å²) in [7, 11) is 3.21. The van der Waals surface area contributed by atoms with Gasteiger partial charge in [0.05, 0.1) is 26.0 Å². The lowest BCUT2D eigenvalue weighted by Crippen LogP contribution is -2.48. The van der Waals surface area contributed by atoms with Crippen molar-refractivity contribution in [3.05, 3.63) is 54.0 Å². The average Bonchev–Trinajstić information content (AvgIpc) is 3.56. The highest BCUT2D eigenvalue weighted by Crippen LogP contribution is 2.34. The molecule has 9 heteroatoms. The van der Waals surface area contributed by atoms with Crippen LogP contribution in [0.1, 0.15) is 17.9 Å². The molecule has 2 aliphatic heterocycles. The standard InChI is InChI=1S/C26H29N3O6/c1-31-19-4-5-20(22(14-19)32-2)24-15-27-25(35-24)7-8-26(30)29-11-9-28(10-12-29)16-18-3-6-21-23(13-18)34-17-33-21/h3-6,13-15H,7-12,16-17H2,1-2H3. The van der Waals surface area contributed by atoms with Crippen molar-refractivity contribution in [3.63, 3.8) is 0 Å². The summed E-state index contributed by atoms with van der Waals surface area (Å²) in [4.78, 5) is 21.4. The van der Waals surface area contributed by atoms with E-state index >= 15 is 0 Å². The molecule has 1 amide bonds. The van der Waals surface area contributed by atoms with Crippen LogP contribution in [0.3, 0.4) is 0 Å². The summed E-state index contributed by atoms with van der Waals surface area (Å²) in [6.07, 6.45) is 2.48. The molecule has 3 heterocycles. The third-order valence-corrected chi connectivity index (χ3v) is 6.35. The first kappa shape index (κ1) is 23.0. The number of fused-ring (bicyclic) bond motifs is 1. The minimum atomic E-state index is 0.120. The van der Waals surface area contributed by atoms with Crippen molar-refractivity contribution in [3.8, 4) is 34.3 Å². The van der Waals surface area contributed by atoms with Crippen molar-refractivity contribution in [1.29, 1.82) is 0 Å². The Kier molecular flexibility index (Phi) is 6.76. The third-order valence-electron chi connectivity index (χ3n) is 6.35. The molecule has 5 rings (SSSR count). The smallest absolute Gasteiger partial charge is 0.231 e. The zero-order valence-corrected chi connectivity index (χ0v) is 20.0. The maximum Gasteiger partial charge on any atom is 0.231 e. The molecular formula is C26H29N3O6. The summed E-state index contributed by atoms with van der Waals surface area (Å²) >= 11 is 0. The minimum absolute atomic E-state index is 0.120. The molecule has 1 aromatic heterocycles. The number of amides is 1. The van der Waals surface area contributed by atoms with Gasteiger partial charge in [0.1, 0.15) is 11.5 Å². The highest BCUT2D eigenvalue weighted by Gasteiger charge is 2.22. The molecule has 0 bridgehead atoms. The topological polar surface area (TPSA) is 86.5 Å². The second kappa shape index (κ2) is 10.3. The van der Waals surface area contributed by atoms with Crippen molar-refractivity contribution in [1.82, 2.24) is 14.8 Å². The predicted molar refractivity (Wildman–Crippen MR) is 128 cm³/mol. The van der Waals surface area contributed by atoms with Crippen LogP contribution in [0.15, 0.2) is 47.0 Å². The van der Waals surface area contributed by atoms with E-state index in [1.165, 1.54) is 5.56 Å². The molecule has 0 radical (unpaired) electrons.